The molecule has 0 saturated carbocycles. The highest BCUT2D eigenvalue weighted by atomic mass is 35.5. The van der Waals surface area contributed by atoms with E-state index in [0.29, 0.717) is 48.4 Å². The van der Waals surface area contributed by atoms with E-state index in [9.17, 15) is 8.42 Å². The normalized spacial score (nSPS) is 17.4. The van der Waals surface area contributed by atoms with E-state index in [-0.39, 0.29) is 0 Å². The first kappa shape index (κ1) is 25.5. The molecule has 1 aromatic heterocycles. The van der Waals surface area contributed by atoms with Gasteiger partial charge in [-0.1, -0.05) is 48.5 Å². The molecule has 0 aliphatic carbocycles. The van der Waals surface area contributed by atoms with Gasteiger partial charge < -0.3 is 9.30 Å². The molecule has 9 heteroatoms. The number of ether oxygens (including phenoxy) is 1. The minimum atomic E-state index is -3.54. The number of hydrogen-bond acceptors (Lipinski definition) is 5. The molecule has 4 rings (SSSR count). The summed E-state index contributed by atoms with van der Waals surface area (Å²) in [5.41, 5.74) is 2.68. The average Bonchev–Trinajstić information content (AvgIpc) is 3.18. The van der Waals surface area contributed by atoms with Crippen molar-refractivity contribution in [3.63, 3.8) is 0 Å². The van der Waals surface area contributed by atoms with Crippen molar-refractivity contribution in [2.45, 2.75) is 55.5 Å². The molecule has 1 fully saturated rings. The Morgan fingerprint density at radius 2 is 2.06 bits per heavy atom. The van der Waals surface area contributed by atoms with E-state index >= 15 is 0 Å². The third kappa shape index (κ3) is 5.79. The number of thioether (sulfide) groups is 1. The van der Waals surface area contributed by atoms with Crippen LogP contribution in [0.25, 0.3) is 11.0 Å². The summed E-state index contributed by atoms with van der Waals surface area (Å²) in [7, 11) is -3.54. The first-order chi connectivity index (χ1) is 16.4. The minimum absolute atomic E-state index is 0.315. The maximum Gasteiger partial charge on any atom is 0.243 e. The molecule has 1 aliphatic heterocycles. The Kier molecular flexibility index (Phi) is 8.58. The number of sulfonamides is 1. The maximum absolute atomic E-state index is 13.3. The van der Waals surface area contributed by atoms with Crippen molar-refractivity contribution < 1.29 is 13.2 Å². The molecule has 0 bridgehead atoms. The van der Waals surface area contributed by atoms with E-state index in [2.05, 4.69) is 11.5 Å². The Bertz CT molecular complexity index is 1230. The molecule has 34 heavy (non-hydrogen) atoms. The standard InChI is InChI=1S/C25H32ClN3O3S2/c1-3-32-15-7-14-29-24-12-11-21(34(30,31)28-13-6-8-19(2)17-28)16-23(24)27-25(29)33-18-20-9-4-5-10-22(20)26/h4-5,9-12,16,19H,3,6-8,13-15,17-18H2,1-2H3. The molecule has 1 atom stereocenters. The van der Waals surface area contributed by atoms with Crippen LogP contribution in [0.15, 0.2) is 52.5 Å². The monoisotopic (exact) mass is 521 g/mol. The predicted molar refractivity (Wildman–Crippen MR) is 139 cm³/mol. The van der Waals surface area contributed by atoms with Gasteiger partial charge in [0.05, 0.1) is 15.9 Å². The molecule has 0 amide bonds. The fourth-order valence-electron chi connectivity index (χ4n) is 4.31. The lowest BCUT2D eigenvalue weighted by atomic mass is 10.0. The Morgan fingerprint density at radius 1 is 1.24 bits per heavy atom. The van der Waals surface area contributed by atoms with Crippen LogP contribution in [0.2, 0.25) is 5.02 Å². The van der Waals surface area contributed by atoms with Crippen LogP contribution in [0.5, 0.6) is 0 Å². The van der Waals surface area contributed by atoms with Gasteiger partial charge in [-0.15, -0.1) is 0 Å². The Hall–Kier alpha value is -1.58. The Labute approximate surface area is 211 Å². The zero-order valence-corrected chi connectivity index (χ0v) is 22.1. The molecule has 1 saturated heterocycles. The Balaban J connectivity index is 1.64. The summed E-state index contributed by atoms with van der Waals surface area (Å²) in [4.78, 5) is 5.17. The number of piperidine rings is 1. The molecule has 1 unspecified atom stereocenters. The second-order valence-electron chi connectivity index (χ2n) is 8.74. The van der Waals surface area contributed by atoms with E-state index in [1.54, 1.807) is 28.2 Å². The number of nitrogens with zero attached hydrogens (tertiary/aromatic N) is 3. The Morgan fingerprint density at radius 3 is 2.82 bits per heavy atom. The molecule has 0 N–H and O–H groups in total. The van der Waals surface area contributed by atoms with Gasteiger partial charge in [0.1, 0.15) is 0 Å². The van der Waals surface area contributed by atoms with Crippen molar-refractivity contribution in [1.29, 1.82) is 0 Å². The van der Waals surface area contributed by atoms with E-state index < -0.39 is 10.0 Å². The van der Waals surface area contributed by atoms with Crippen LogP contribution in [0, 0.1) is 5.92 Å². The smallest absolute Gasteiger partial charge is 0.243 e. The van der Waals surface area contributed by atoms with Crippen molar-refractivity contribution in [1.82, 2.24) is 13.9 Å². The lowest BCUT2D eigenvalue weighted by Crippen LogP contribution is -2.39. The van der Waals surface area contributed by atoms with Gasteiger partial charge in [0.2, 0.25) is 10.0 Å². The van der Waals surface area contributed by atoms with Crippen LogP contribution in [-0.2, 0) is 27.1 Å². The molecule has 1 aliphatic rings. The van der Waals surface area contributed by atoms with Crippen LogP contribution < -0.4 is 0 Å². The topological polar surface area (TPSA) is 64.4 Å². The second kappa shape index (κ2) is 11.4. The van der Waals surface area contributed by atoms with Gasteiger partial charge in [0.15, 0.2) is 5.16 Å². The van der Waals surface area contributed by atoms with Gasteiger partial charge in [-0.25, -0.2) is 13.4 Å². The summed E-state index contributed by atoms with van der Waals surface area (Å²) in [6, 6.07) is 13.1. The zero-order valence-electron chi connectivity index (χ0n) is 19.7. The highest BCUT2D eigenvalue weighted by molar-refractivity contribution is 7.98. The van der Waals surface area contributed by atoms with E-state index in [0.717, 1.165) is 47.1 Å². The molecular weight excluding hydrogens is 490 g/mol. The minimum Gasteiger partial charge on any atom is -0.382 e. The van der Waals surface area contributed by atoms with Crippen molar-refractivity contribution >= 4 is 44.4 Å². The maximum atomic E-state index is 13.3. The molecule has 2 aromatic carbocycles. The number of rotatable bonds is 10. The summed E-state index contributed by atoms with van der Waals surface area (Å²) in [5, 5.41) is 1.59. The molecule has 2 heterocycles. The third-order valence-corrected chi connectivity index (χ3v) is 9.39. The predicted octanol–water partition coefficient (Wildman–Crippen LogP) is 5.83. The molecule has 0 radical (unpaired) electrons. The summed E-state index contributed by atoms with van der Waals surface area (Å²) >= 11 is 7.97. The second-order valence-corrected chi connectivity index (χ2v) is 12.0. The third-order valence-electron chi connectivity index (χ3n) is 6.13. The molecular formula is C25H32ClN3O3S2. The van der Waals surface area contributed by atoms with Crippen LogP contribution >= 0.6 is 23.4 Å². The highest BCUT2D eigenvalue weighted by Crippen LogP contribution is 2.31. The van der Waals surface area contributed by atoms with Crippen molar-refractivity contribution in [3.05, 3.63) is 53.1 Å². The van der Waals surface area contributed by atoms with Gasteiger partial charge in [-0.05, 0) is 61.9 Å². The van der Waals surface area contributed by atoms with E-state index in [1.807, 2.05) is 37.3 Å². The average molecular weight is 522 g/mol. The van der Waals surface area contributed by atoms with Crippen LogP contribution in [-0.4, -0.2) is 48.6 Å². The summed E-state index contributed by atoms with van der Waals surface area (Å²) < 4.78 is 35.9. The lowest BCUT2D eigenvalue weighted by Gasteiger charge is -2.30. The highest BCUT2D eigenvalue weighted by Gasteiger charge is 2.29. The zero-order chi connectivity index (χ0) is 24.1. The van der Waals surface area contributed by atoms with Crippen LogP contribution in [0.4, 0.5) is 0 Å². The van der Waals surface area contributed by atoms with Crippen molar-refractivity contribution in [2.24, 2.45) is 5.92 Å². The van der Waals surface area contributed by atoms with Crippen LogP contribution in [0.3, 0.4) is 0 Å². The fourth-order valence-corrected chi connectivity index (χ4v) is 7.26. The number of imidazole rings is 1. The van der Waals surface area contributed by atoms with Gasteiger partial charge in [-0.3, -0.25) is 0 Å². The number of aromatic nitrogens is 2. The number of fused-ring (bicyclic) bond motifs is 1. The van der Waals surface area contributed by atoms with Gasteiger partial charge in [0.25, 0.3) is 0 Å². The molecule has 0 spiro atoms. The van der Waals surface area contributed by atoms with Crippen LogP contribution in [0.1, 0.15) is 38.7 Å². The van der Waals surface area contributed by atoms with E-state index in [1.165, 1.54) is 0 Å². The number of benzene rings is 2. The largest absolute Gasteiger partial charge is 0.382 e. The number of halogens is 1. The number of hydrogen-bond donors (Lipinski definition) is 0. The summed E-state index contributed by atoms with van der Waals surface area (Å²) in [5.74, 6) is 1.07. The molecule has 184 valence electrons. The summed E-state index contributed by atoms with van der Waals surface area (Å²) in [6.45, 7) is 7.36. The van der Waals surface area contributed by atoms with E-state index in [4.69, 9.17) is 21.3 Å². The lowest BCUT2D eigenvalue weighted by molar-refractivity contribution is 0.141. The SMILES string of the molecule is CCOCCCn1c(SCc2ccccc2Cl)nc2cc(S(=O)(=O)N3CCCC(C)C3)ccc21. The first-order valence-electron chi connectivity index (χ1n) is 11.8. The molecule has 3 aromatic rings. The molecule has 6 nitrogen and oxygen atoms in total. The van der Waals surface area contributed by atoms with Crippen molar-refractivity contribution in [2.75, 3.05) is 26.3 Å². The summed E-state index contributed by atoms with van der Waals surface area (Å²) in [6.07, 6.45) is 2.83. The quantitative estimate of drug-likeness (QED) is 0.248. The van der Waals surface area contributed by atoms with Gasteiger partial charge in [0, 0.05) is 43.6 Å². The first-order valence-corrected chi connectivity index (χ1v) is 14.6. The van der Waals surface area contributed by atoms with Gasteiger partial charge in [-0.2, -0.15) is 4.31 Å². The fraction of sp³-hybridized carbons (Fsp3) is 0.480. The van der Waals surface area contributed by atoms with Gasteiger partial charge >= 0.3 is 0 Å². The van der Waals surface area contributed by atoms with Crippen molar-refractivity contribution in [3.8, 4) is 0 Å². The number of aryl methyl sites for hydroxylation is 1.